The molecule has 0 aliphatic heterocycles. The summed E-state index contributed by atoms with van der Waals surface area (Å²) < 4.78 is 23.0. The quantitative estimate of drug-likeness (QED) is 0.641. The lowest BCUT2D eigenvalue weighted by atomic mass is 9.94. The van der Waals surface area contributed by atoms with Crippen LogP contribution in [0.25, 0.3) is 11.1 Å². The number of rotatable bonds is 5. The second-order valence-electron chi connectivity index (χ2n) is 5.48. The second kappa shape index (κ2) is 6.98. The molecule has 24 heavy (non-hydrogen) atoms. The minimum absolute atomic E-state index is 0.00962. The molecule has 2 aromatic rings. The van der Waals surface area contributed by atoms with Gasteiger partial charge in [-0.15, -0.1) is 0 Å². The summed E-state index contributed by atoms with van der Waals surface area (Å²) in [7, 11) is -3.34. The molecule has 0 spiro atoms. The molecule has 2 N–H and O–H groups in total. The van der Waals surface area contributed by atoms with Crippen LogP contribution < -0.4 is 0 Å². The van der Waals surface area contributed by atoms with Gasteiger partial charge in [0.25, 0.3) is 0 Å². The van der Waals surface area contributed by atoms with Gasteiger partial charge in [-0.05, 0) is 35.8 Å². The third kappa shape index (κ3) is 3.90. The van der Waals surface area contributed by atoms with Crippen molar-refractivity contribution in [2.24, 2.45) is 0 Å². The van der Waals surface area contributed by atoms with Crippen molar-refractivity contribution in [3.05, 3.63) is 65.2 Å². The minimum Gasteiger partial charge on any atom is -0.478 e. The van der Waals surface area contributed by atoms with E-state index in [0.717, 1.165) is 11.8 Å². The van der Waals surface area contributed by atoms with Crippen molar-refractivity contribution in [1.29, 1.82) is 0 Å². The maximum atomic E-state index is 11.7. The maximum Gasteiger partial charge on any atom is 0.336 e. The Kier molecular flexibility index (Phi) is 5.21. The van der Waals surface area contributed by atoms with Crippen molar-refractivity contribution in [2.45, 2.75) is 11.8 Å². The predicted molar refractivity (Wildman–Crippen MR) is 92.3 cm³/mol. The van der Waals surface area contributed by atoms with E-state index in [1.54, 1.807) is 24.3 Å². The van der Waals surface area contributed by atoms with E-state index >= 15 is 0 Å². The summed E-state index contributed by atoms with van der Waals surface area (Å²) in [6, 6.07) is 12.7. The van der Waals surface area contributed by atoms with Gasteiger partial charge in [0.2, 0.25) is 0 Å². The highest BCUT2D eigenvalue weighted by Crippen LogP contribution is 2.27. The molecule has 0 aliphatic rings. The number of carboxylic acids is 1. The predicted octanol–water partition coefficient (Wildman–Crippen LogP) is 2.39. The Labute approximate surface area is 140 Å². The number of carbonyl (C=O) groups is 1. The Morgan fingerprint density at radius 2 is 1.46 bits per heavy atom. The number of aliphatic hydroxyl groups excluding tert-OH is 1. The average Bonchev–Trinajstić information content (AvgIpc) is 2.52. The molecule has 0 aromatic heterocycles. The maximum absolute atomic E-state index is 11.7. The van der Waals surface area contributed by atoms with Gasteiger partial charge in [0, 0.05) is 6.26 Å². The van der Waals surface area contributed by atoms with E-state index in [9.17, 15) is 23.4 Å². The molecule has 0 heterocycles. The molecule has 6 heteroatoms. The van der Waals surface area contributed by atoms with Gasteiger partial charge in [0.15, 0.2) is 9.84 Å². The molecule has 5 nitrogen and oxygen atoms in total. The van der Waals surface area contributed by atoms with Crippen LogP contribution in [0.5, 0.6) is 0 Å². The van der Waals surface area contributed by atoms with E-state index in [1.165, 1.54) is 24.3 Å². The normalized spacial score (nSPS) is 12.6. The van der Waals surface area contributed by atoms with Crippen LogP contribution in [0, 0.1) is 6.92 Å². The minimum atomic E-state index is -3.34. The number of hydrogen-bond acceptors (Lipinski definition) is 4. The van der Waals surface area contributed by atoms with Crippen molar-refractivity contribution in [3.8, 4) is 0 Å². The van der Waals surface area contributed by atoms with Gasteiger partial charge in [-0.2, -0.15) is 0 Å². The SMILES string of the molecule is Cc1ccc(/C(C(=O)O)=C(/CO)c2ccc(S(C)(=O)=O)cc2)cc1. The number of aryl methyl sites for hydroxylation is 1. The van der Waals surface area contributed by atoms with Gasteiger partial charge < -0.3 is 10.2 Å². The number of aliphatic hydroxyl groups is 1. The van der Waals surface area contributed by atoms with Gasteiger partial charge in [0.05, 0.1) is 17.1 Å². The summed E-state index contributed by atoms with van der Waals surface area (Å²) in [5, 5.41) is 19.3. The fourth-order valence-electron chi connectivity index (χ4n) is 2.37. The highest BCUT2D eigenvalue weighted by atomic mass is 32.2. The van der Waals surface area contributed by atoms with E-state index in [-0.39, 0.29) is 16.0 Å². The van der Waals surface area contributed by atoms with Crippen LogP contribution in [0.3, 0.4) is 0 Å². The van der Waals surface area contributed by atoms with Crippen LogP contribution in [0.2, 0.25) is 0 Å². The first kappa shape index (κ1) is 17.9. The molecule has 2 rings (SSSR count). The van der Waals surface area contributed by atoms with Gasteiger partial charge in [0.1, 0.15) is 0 Å². The zero-order valence-electron chi connectivity index (χ0n) is 13.4. The monoisotopic (exact) mass is 346 g/mol. The van der Waals surface area contributed by atoms with Crippen molar-refractivity contribution in [1.82, 2.24) is 0 Å². The molecule has 0 saturated carbocycles. The highest BCUT2D eigenvalue weighted by molar-refractivity contribution is 7.90. The third-order valence-corrected chi connectivity index (χ3v) is 4.77. The summed E-state index contributed by atoms with van der Waals surface area (Å²) in [6.07, 6.45) is 1.10. The highest BCUT2D eigenvalue weighted by Gasteiger charge is 2.18. The Balaban J connectivity index is 2.62. The van der Waals surface area contributed by atoms with Gasteiger partial charge >= 0.3 is 5.97 Å². The van der Waals surface area contributed by atoms with Gasteiger partial charge in [-0.1, -0.05) is 42.0 Å². The second-order valence-corrected chi connectivity index (χ2v) is 7.50. The first-order valence-electron chi connectivity index (χ1n) is 7.19. The first-order valence-corrected chi connectivity index (χ1v) is 9.08. The van der Waals surface area contributed by atoms with Crippen molar-refractivity contribution in [3.63, 3.8) is 0 Å². The average molecular weight is 346 g/mol. The van der Waals surface area contributed by atoms with Crippen molar-refractivity contribution in [2.75, 3.05) is 12.9 Å². The molecule has 0 bridgehead atoms. The fraction of sp³-hybridized carbons (Fsp3) is 0.167. The Bertz CT molecular complexity index is 876. The molecule has 0 aliphatic carbocycles. The third-order valence-electron chi connectivity index (χ3n) is 3.64. The summed E-state index contributed by atoms with van der Waals surface area (Å²) in [4.78, 5) is 11.9. The van der Waals surface area contributed by atoms with Crippen LogP contribution in [0.15, 0.2) is 53.4 Å². The Morgan fingerprint density at radius 1 is 0.958 bits per heavy atom. The number of aliphatic carboxylic acids is 1. The van der Waals surface area contributed by atoms with Gasteiger partial charge in [-0.3, -0.25) is 0 Å². The lowest BCUT2D eigenvalue weighted by molar-refractivity contribution is -0.130. The number of hydrogen-bond donors (Lipinski definition) is 2. The summed E-state index contributed by atoms with van der Waals surface area (Å²) in [5.41, 5.74) is 2.15. The smallest absolute Gasteiger partial charge is 0.336 e. The van der Waals surface area contributed by atoms with Crippen LogP contribution >= 0.6 is 0 Å². The molecule has 0 fully saturated rings. The topological polar surface area (TPSA) is 91.7 Å². The van der Waals surface area contributed by atoms with Crippen LogP contribution in [-0.4, -0.2) is 37.5 Å². The number of benzene rings is 2. The molecule has 0 saturated heterocycles. The van der Waals surface area contributed by atoms with Crippen molar-refractivity contribution >= 4 is 27.0 Å². The van der Waals surface area contributed by atoms with Gasteiger partial charge in [-0.25, -0.2) is 13.2 Å². The summed E-state index contributed by atoms with van der Waals surface area (Å²) >= 11 is 0. The van der Waals surface area contributed by atoms with E-state index < -0.39 is 22.4 Å². The molecule has 0 radical (unpaired) electrons. The molecule has 0 amide bonds. The van der Waals surface area contributed by atoms with E-state index in [2.05, 4.69) is 0 Å². The van der Waals surface area contributed by atoms with Crippen LogP contribution in [-0.2, 0) is 14.6 Å². The summed E-state index contributed by atoms with van der Waals surface area (Å²) in [5.74, 6) is -1.16. The molecular formula is C18H18O5S. The molecule has 0 unspecified atom stereocenters. The molecule has 2 aromatic carbocycles. The lowest BCUT2D eigenvalue weighted by Gasteiger charge is -2.12. The molecule has 126 valence electrons. The van der Waals surface area contributed by atoms with Crippen LogP contribution in [0.4, 0.5) is 0 Å². The first-order chi connectivity index (χ1) is 11.2. The molecular weight excluding hydrogens is 328 g/mol. The molecule has 0 atom stereocenters. The number of sulfone groups is 1. The van der Waals surface area contributed by atoms with Crippen molar-refractivity contribution < 1.29 is 23.4 Å². The van der Waals surface area contributed by atoms with Crippen LogP contribution in [0.1, 0.15) is 16.7 Å². The standard InChI is InChI=1S/C18H18O5S/c1-12-3-5-14(6-4-12)17(18(20)21)16(11-19)13-7-9-15(10-8-13)24(2,22)23/h3-10,19H,11H2,1-2H3,(H,20,21)/b17-16+. The Morgan fingerprint density at radius 3 is 1.88 bits per heavy atom. The fourth-order valence-corrected chi connectivity index (χ4v) is 3.00. The Hall–Kier alpha value is -2.44. The van der Waals surface area contributed by atoms with E-state index in [4.69, 9.17) is 0 Å². The van der Waals surface area contributed by atoms with E-state index in [1.807, 2.05) is 6.92 Å². The lowest BCUT2D eigenvalue weighted by Crippen LogP contribution is -2.06. The summed E-state index contributed by atoms with van der Waals surface area (Å²) in [6.45, 7) is 1.42. The zero-order valence-corrected chi connectivity index (χ0v) is 14.2. The van der Waals surface area contributed by atoms with E-state index in [0.29, 0.717) is 11.1 Å². The number of carboxylic acid groups (broad SMARTS) is 1. The zero-order chi connectivity index (χ0) is 17.9. The largest absolute Gasteiger partial charge is 0.478 e.